The standard InChI is InChI=1S/C17H15Cl2NO6S/c1-4-8-11(16(23)25-2)15(27-13(8)17(24)26-3)20-14(22)7-5-9(18)12(21)10(19)6-7/h5-6,21H,4H2,1-3H3,(H,20,22). The molecule has 2 aromatic rings. The Morgan fingerprint density at radius 3 is 2.15 bits per heavy atom. The average molecular weight is 432 g/mol. The zero-order chi connectivity index (χ0) is 20.3. The maximum absolute atomic E-state index is 12.6. The molecule has 2 rings (SSSR count). The highest BCUT2D eigenvalue weighted by molar-refractivity contribution is 7.18. The number of ether oxygens (including phenoxy) is 2. The van der Waals surface area contributed by atoms with Crippen LogP contribution in [-0.4, -0.2) is 37.2 Å². The lowest BCUT2D eigenvalue weighted by Crippen LogP contribution is -2.14. The summed E-state index contributed by atoms with van der Waals surface area (Å²) in [5, 5.41) is 12.1. The largest absolute Gasteiger partial charge is 0.505 e. The summed E-state index contributed by atoms with van der Waals surface area (Å²) in [4.78, 5) is 37.0. The number of methoxy groups -OCH3 is 2. The van der Waals surface area contributed by atoms with Crippen LogP contribution in [-0.2, 0) is 15.9 Å². The van der Waals surface area contributed by atoms with Gasteiger partial charge in [-0.15, -0.1) is 11.3 Å². The van der Waals surface area contributed by atoms with Crippen molar-refractivity contribution in [1.29, 1.82) is 0 Å². The minimum absolute atomic E-state index is 0.0599. The van der Waals surface area contributed by atoms with Crippen molar-refractivity contribution in [2.24, 2.45) is 0 Å². The summed E-state index contributed by atoms with van der Waals surface area (Å²) in [6, 6.07) is 2.46. The number of hydrogen-bond acceptors (Lipinski definition) is 7. The van der Waals surface area contributed by atoms with Gasteiger partial charge in [-0.05, 0) is 24.1 Å². The number of esters is 2. The minimum atomic E-state index is -0.699. The molecule has 0 aliphatic heterocycles. The Bertz CT molecular complexity index is 901. The molecule has 7 nitrogen and oxygen atoms in total. The van der Waals surface area contributed by atoms with Gasteiger partial charge >= 0.3 is 11.9 Å². The highest BCUT2D eigenvalue weighted by Crippen LogP contribution is 2.37. The molecule has 1 amide bonds. The van der Waals surface area contributed by atoms with Gasteiger partial charge in [-0.1, -0.05) is 30.1 Å². The number of amides is 1. The lowest BCUT2D eigenvalue weighted by Gasteiger charge is -2.08. The van der Waals surface area contributed by atoms with Gasteiger partial charge < -0.3 is 19.9 Å². The van der Waals surface area contributed by atoms with Gasteiger partial charge in [0, 0.05) is 5.56 Å². The highest BCUT2D eigenvalue weighted by Gasteiger charge is 2.28. The van der Waals surface area contributed by atoms with Crippen molar-refractivity contribution in [2.75, 3.05) is 19.5 Å². The topological polar surface area (TPSA) is 102 Å². The normalized spacial score (nSPS) is 10.4. The van der Waals surface area contributed by atoms with E-state index in [0.717, 1.165) is 11.3 Å². The Hall–Kier alpha value is -2.29. The number of carbonyl (C=O) groups excluding carboxylic acids is 3. The van der Waals surface area contributed by atoms with Crippen LogP contribution in [0.2, 0.25) is 10.0 Å². The summed E-state index contributed by atoms with van der Waals surface area (Å²) >= 11 is 12.6. The number of benzene rings is 1. The van der Waals surface area contributed by atoms with Crippen LogP contribution < -0.4 is 5.32 Å². The molecule has 0 aliphatic rings. The number of phenols is 1. The molecular weight excluding hydrogens is 417 g/mol. The SMILES string of the molecule is CCc1c(C(=O)OC)sc(NC(=O)c2cc(Cl)c(O)c(Cl)c2)c1C(=O)OC. The lowest BCUT2D eigenvalue weighted by atomic mass is 10.1. The Kier molecular flexibility index (Phi) is 6.69. The van der Waals surface area contributed by atoms with Crippen LogP contribution in [0.5, 0.6) is 5.75 Å². The summed E-state index contributed by atoms with van der Waals surface area (Å²) < 4.78 is 9.52. The fourth-order valence-electron chi connectivity index (χ4n) is 2.34. The first-order valence-corrected chi connectivity index (χ1v) is 9.13. The summed E-state index contributed by atoms with van der Waals surface area (Å²) in [6.07, 6.45) is 0.345. The molecule has 2 N–H and O–H groups in total. The van der Waals surface area contributed by atoms with Crippen LogP contribution in [0.25, 0.3) is 0 Å². The first-order valence-electron chi connectivity index (χ1n) is 7.56. The van der Waals surface area contributed by atoms with Crippen molar-refractivity contribution in [3.63, 3.8) is 0 Å². The van der Waals surface area contributed by atoms with Gasteiger partial charge in [-0.3, -0.25) is 4.79 Å². The Balaban J connectivity index is 2.51. The van der Waals surface area contributed by atoms with Crippen molar-refractivity contribution in [3.05, 3.63) is 43.7 Å². The van der Waals surface area contributed by atoms with E-state index in [1.165, 1.54) is 26.4 Å². The first-order chi connectivity index (χ1) is 12.7. The van der Waals surface area contributed by atoms with E-state index in [1.807, 2.05) is 0 Å². The quantitative estimate of drug-likeness (QED) is 0.689. The van der Waals surface area contributed by atoms with Gasteiger partial charge in [0.25, 0.3) is 5.91 Å². The molecule has 0 fully saturated rings. The van der Waals surface area contributed by atoms with E-state index in [1.54, 1.807) is 6.92 Å². The first kappa shape index (κ1) is 21.0. The van der Waals surface area contributed by atoms with Crippen molar-refractivity contribution < 1.29 is 29.0 Å². The van der Waals surface area contributed by atoms with E-state index in [9.17, 15) is 19.5 Å². The highest BCUT2D eigenvalue weighted by atomic mass is 35.5. The van der Waals surface area contributed by atoms with E-state index >= 15 is 0 Å². The summed E-state index contributed by atoms with van der Waals surface area (Å²) in [6.45, 7) is 1.76. The third-order valence-corrected chi connectivity index (χ3v) is 5.33. The maximum Gasteiger partial charge on any atom is 0.348 e. The van der Waals surface area contributed by atoms with Crippen molar-refractivity contribution in [3.8, 4) is 5.75 Å². The van der Waals surface area contributed by atoms with Gasteiger partial charge in [0.15, 0.2) is 5.75 Å². The van der Waals surface area contributed by atoms with E-state index in [2.05, 4.69) is 5.32 Å². The second kappa shape index (κ2) is 8.60. The molecule has 0 atom stereocenters. The van der Waals surface area contributed by atoms with Gasteiger partial charge in [0.1, 0.15) is 9.88 Å². The second-order valence-corrected chi connectivity index (χ2v) is 7.03. The van der Waals surface area contributed by atoms with Gasteiger partial charge in [0.05, 0.1) is 29.8 Å². The predicted molar refractivity (Wildman–Crippen MR) is 102 cm³/mol. The van der Waals surface area contributed by atoms with Crippen LogP contribution in [0, 0.1) is 0 Å². The van der Waals surface area contributed by atoms with Crippen LogP contribution in [0.1, 0.15) is 42.9 Å². The number of aromatic hydroxyl groups is 1. The number of rotatable bonds is 5. The molecule has 144 valence electrons. The molecular formula is C17H15Cl2NO6S. The number of halogens is 2. The Morgan fingerprint density at radius 1 is 1.11 bits per heavy atom. The summed E-state index contributed by atoms with van der Waals surface area (Å²) in [5.41, 5.74) is 0.551. The van der Waals surface area contributed by atoms with E-state index < -0.39 is 17.8 Å². The fourth-order valence-corrected chi connectivity index (χ4v) is 4.02. The predicted octanol–water partition coefficient (Wildman–Crippen LogP) is 4.15. The smallest absolute Gasteiger partial charge is 0.348 e. The number of anilines is 1. The van der Waals surface area contributed by atoms with Crippen LogP contribution in [0.4, 0.5) is 5.00 Å². The zero-order valence-corrected chi connectivity index (χ0v) is 16.8. The number of hydrogen-bond donors (Lipinski definition) is 2. The molecule has 0 radical (unpaired) electrons. The molecule has 0 saturated heterocycles. The summed E-state index contributed by atoms with van der Waals surface area (Å²) in [7, 11) is 2.42. The third kappa shape index (κ3) is 4.18. The number of phenolic OH excluding ortho intramolecular Hbond substituents is 1. The van der Waals surface area contributed by atoms with Crippen molar-refractivity contribution in [1.82, 2.24) is 0 Å². The molecule has 1 aromatic heterocycles. The molecule has 0 spiro atoms. The Labute approximate surface area is 168 Å². The molecule has 0 aliphatic carbocycles. The van der Waals surface area contributed by atoms with Gasteiger partial charge in [-0.2, -0.15) is 0 Å². The number of nitrogens with one attached hydrogen (secondary N) is 1. The maximum atomic E-state index is 12.6. The van der Waals surface area contributed by atoms with Crippen LogP contribution in [0.3, 0.4) is 0 Å². The number of carbonyl (C=O) groups is 3. The Morgan fingerprint density at radius 2 is 1.67 bits per heavy atom. The molecule has 10 heteroatoms. The van der Waals surface area contributed by atoms with Gasteiger partial charge in [0.2, 0.25) is 0 Å². The van der Waals surface area contributed by atoms with Gasteiger partial charge in [-0.25, -0.2) is 9.59 Å². The molecule has 0 saturated carbocycles. The zero-order valence-electron chi connectivity index (χ0n) is 14.5. The van der Waals surface area contributed by atoms with Crippen LogP contribution >= 0.6 is 34.5 Å². The van der Waals surface area contributed by atoms with Crippen LogP contribution in [0.15, 0.2) is 12.1 Å². The minimum Gasteiger partial charge on any atom is -0.505 e. The van der Waals surface area contributed by atoms with Crippen molar-refractivity contribution >= 4 is 57.4 Å². The second-order valence-electron chi connectivity index (χ2n) is 5.19. The molecule has 1 heterocycles. The molecule has 0 bridgehead atoms. The third-order valence-electron chi connectivity index (χ3n) is 3.63. The lowest BCUT2D eigenvalue weighted by molar-refractivity contribution is 0.0601. The van der Waals surface area contributed by atoms with E-state index in [-0.39, 0.29) is 36.8 Å². The van der Waals surface area contributed by atoms with Crippen molar-refractivity contribution in [2.45, 2.75) is 13.3 Å². The number of thiophene rings is 1. The molecule has 1 aromatic carbocycles. The van der Waals surface area contributed by atoms with E-state index in [4.69, 9.17) is 32.7 Å². The monoisotopic (exact) mass is 431 g/mol. The fraction of sp³-hybridized carbons (Fsp3) is 0.235. The molecule has 27 heavy (non-hydrogen) atoms. The summed E-state index contributed by atoms with van der Waals surface area (Å²) in [5.74, 6) is -2.31. The average Bonchev–Trinajstić information content (AvgIpc) is 3.02. The molecule has 0 unspecified atom stereocenters. The van der Waals surface area contributed by atoms with E-state index in [0.29, 0.717) is 12.0 Å².